The van der Waals surface area contributed by atoms with Gasteiger partial charge in [0.25, 0.3) is 0 Å². The van der Waals surface area contributed by atoms with Crippen molar-refractivity contribution in [3.63, 3.8) is 0 Å². The number of benzene rings is 1. The lowest BCUT2D eigenvalue weighted by Crippen LogP contribution is -2.43. The van der Waals surface area contributed by atoms with Gasteiger partial charge in [-0.1, -0.05) is 38.1 Å². The van der Waals surface area contributed by atoms with Crippen LogP contribution >= 0.6 is 0 Å². The highest BCUT2D eigenvalue weighted by Gasteiger charge is 2.40. The van der Waals surface area contributed by atoms with Gasteiger partial charge in [-0.15, -0.1) is 0 Å². The zero-order chi connectivity index (χ0) is 17.6. The summed E-state index contributed by atoms with van der Waals surface area (Å²) in [6, 6.07) is 7.65. The molecule has 1 unspecified atom stereocenters. The highest BCUT2D eigenvalue weighted by atomic mass is 16.7. The van der Waals surface area contributed by atoms with E-state index in [0.29, 0.717) is 13.0 Å². The molecule has 1 aromatic carbocycles. The number of ether oxygens (including phenoxy) is 3. The minimum absolute atomic E-state index is 0.142. The van der Waals surface area contributed by atoms with Gasteiger partial charge in [-0.2, -0.15) is 0 Å². The second-order valence-corrected chi connectivity index (χ2v) is 6.64. The zero-order valence-electron chi connectivity index (χ0n) is 15.1. The van der Waals surface area contributed by atoms with Crippen LogP contribution in [0.3, 0.4) is 0 Å². The first kappa shape index (κ1) is 18.7. The van der Waals surface area contributed by atoms with Gasteiger partial charge in [-0.05, 0) is 31.9 Å². The van der Waals surface area contributed by atoms with Gasteiger partial charge >= 0.3 is 0 Å². The molecule has 132 valence electrons. The summed E-state index contributed by atoms with van der Waals surface area (Å²) >= 11 is 0. The van der Waals surface area contributed by atoms with Crippen molar-refractivity contribution < 1.29 is 19.0 Å². The first-order valence-electron chi connectivity index (χ1n) is 8.54. The molecule has 2 atom stereocenters. The molecule has 0 radical (unpaired) electrons. The van der Waals surface area contributed by atoms with Crippen LogP contribution in [0.5, 0.6) is 5.75 Å². The highest BCUT2D eigenvalue weighted by Crippen LogP contribution is 2.37. The maximum Gasteiger partial charge on any atom is 0.184 e. The van der Waals surface area contributed by atoms with Crippen LogP contribution in [0.15, 0.2) is 36.4 Å². The van der Waals surface area contributed by atoms with Crippen LogP contribution in [0.1, 0.15) is 51.9 Å². The molecule has 1 aliphatic rings. The standard InChI is InChI=1S/C20H28O4/c1-5-6-7-8-17(21)20(2,3)18-13-14-23-19(24-18)15-9-11-16(22-4)12-10-15/h5-6,9-12,18-19H,7-8,13-14H2,1-4H3/b6-5+/t18-,19?/m0/s1. The fourth-order valence-electron chi connectivity index (χ4n) is 2.89. The fourth-order valence-corrected chi connectivity index (χ4v) is 2.89. The predicted octanol–water partition coefficient (Wildman–Crippen LogP) is 4.45. The second kappa shape index (κ2) is 8.45. The first-order valence-corrected chi connectivity index (χ1v) is 8.54. The van der Waals surface area contributed by atoms with Crippen LogP contribution in [0, 0.1) is 5.41 Å². The number of hydrogen-bond acceptors (Lipinski definition) is 4. The van der Waals surface area contributed by atoms with E-state index < -0.39 is 11.7 Å². The number of methoxy groups -OCH3 is 1. The van der Waals surface area contributed by atoms with E-state index in [0.717, 1.165) is 24.2 Å². The topological polar surface area (TPSA) is 44.8 Å². The smallest absolute Gasteiger partial charge is 0.184 e. The summed E-state index contributed by atoms with van der Waals surface area (Å²) in [5.74, 6) is 1.03. The molecule has 0 aromatic heterocycles. The Labute approximate surface area is 144 Å². The minimum atomic E-state index is -0.518. The Morgan fingerprint density at radius 1 is 1.33 bits per heavy atom. The van der Waals surface area contributed by atoms with Crippen LogP contribution in [0.4, 0.5) is 0 Å². The molecule has 1 heterocycles. The third-order valence-corrected chi connectivity index (χ3v) is 4.62. The predicted molar refractivity (Wildman–Crippen MR) is 94.0 cm³/mol. The molecule has 4 nitrogen and oxygen atoms in total. The van der Waals surface area contributed by atoms with Gasteiger partial charge in [0.1, 0.15) is 11.5 Å². The van der Waals surface area contributed by atoms with Gasteiger partial charge < -0.3 is 14.2 Å². The van der Waals surface area contributed by atoms with Crippen molar-refractivity contribution in [2.24, 2.45) is 5.41 Å². The SMILES string of the molecule is C/C=C/CCC(=O)C(C)(C)[C@@H]1CCOC(c2ccc(OC)cc2)O1. The van der Waals surface area contributed by atoms with Gasteiger partial charge in [0.2, 0.25) is 0 Å². The average molecular weight is 332 g/mol. The van der Waals surface area contributed by atoms with Crippen molar-refractivity contribution in [1.29, 1.82) is 0 Å². The largest absolute Gasteiger partial charge is 0.497 e. The lowest BCUT2D eigenvalue weighted by atomic mass is 9.78. The van der Waals surface area contributed by atoms with E-state index in [1.54, 1.807) is 7.11 Å². The molecule has 2 rings (SSSR count). The number of carbonyl (C=O) groups excluding carboxylic acids is 1. The summed E-state index contributed by atoms with van der Waals surface area (Å²) in [4.78, 5) is 12.6. The quantitative estimate of drug-likeness (QED) is 0.692. The summed E-state index contributed by atoms with van der Waals surface area (Å²) in [7, 11) is 1.64. The van der Waals surface area contributed by atoms with E-state index in [1.807, 2.05) is 57.2 Å². The summed E-state index contributed by atoms with van der Waals surface area (Å²) in [6.45, 7) is 6.52. The summed E-state index contributed by atoms with van der Waals surface area (Å²) in [5.41, 5.74) is 0.425. The van der Waals surface area contributed by atoms with E-state index >= 15 is 0 Å². The van der Waals surface area contributed by atoms with Gasteiger partial charge in [-0.3, -0.25) is 4.79 Å². The Bertz CT molecular complexity index is 560. The molecule has 4 heteroatoms. The second-order valence-electron chi connectivity index (χ2n) is 6.64. The third-order valence-electron chi connectivity index (χ3n) is 4.62. The number of ketones is 1. The molecule has 1 fully saturated rings. The average Bonchev–Trinajstić information content (AvgIpc) is 2.62. The van der Waals surface area contributed by atoms with Crippen LogP contribution < -0.4 is 4.74 Å². The van der Waals surface area contributed by atoms with Gasteiger partial charge in [0, 0.05) is 17.4 Å². The fraction of sp³-hybridized carbons (Fsp3) is 0.550. The number of carbonyl (C=O) groups is 1. The van der Waals surface area contributed by atoms with Gasteiger partial charge in [-0.25, -0.2) is 0 Å². The maximum absolute atomic E-state index is 12.6. The molecule has 1 aromatic rings. The maximum atomic E-state index is 12.6. The molecule has 0 spiro atoms. The molecule has 0 amide bonds. The molecule has 0 bridgehead atoms. The number of hydrogen-bond donors (Lipinski definition) is 0. The van der Waals surface area contributed by atoms with Gasteiger partial charge in [0.05, 0.1) is 19.8 Å². The monoisotopic (exact) mass is 332 g/mol. The van der Waals surface area contributed by atoms with Crippen LogP contribution in [-0.2, 0) is 14.3 Å². The highest BCUT2D eigenvalue weighted by molar-refractivity contribution is 5.84. The third kappa shape index (κ3) is 4.46. The van der Waals surface area contributed by atoms with E-state index in [1.165, 1.54) is 0 Å². The molecule has 1 saturated heterocycles. The number of allylic oxidation sites excluding steroid dienone is 2. The van der Waals surface area contributed by atoms with Crippen molar-refractivity contribution in [2.75, 3.05) is 13.7 Å². The lowest BCUT2D eigenvalue weighted by Gasteiger charge is -2.39. The van der Waals surface area contributed by atoms with Crippen molar-refractivity contribution in [2.45, 2.75) is 52.4 Å². The summed E-state index contributed by atoms with van der Waals surface area (Å²) < 4.78 is 17.1. The molecule has 0 saturated carbocycles. The van der Waals surface area contributed by atoms with Crippen LogP contribution in [0.25, 0.3) is 0 Å². The Morgan fingerprint density at radius 3 is 2.67 bits per heavy atom. The molecular weight excluding hydrogens is 304 g/mol. The Kier molecular flexibility index (Phi) is 6.58. The van der Waals surface area contributed by atoms with Crippen molar-refractivity contribution in [1.82, 2.24) is 0 Å². The van der Waals surface area contributed by atoms with Crippen molar-refractivity contribution in [3.05, 3.63) is 42.0 Å². The minimum Gasteiger partial charge on any atom is -0.497 e. The molecular formula is C20H28O4. The normalized spacial score (nSPS) is 21.8. The van der Waals surface area contributed by atoms with Crippen LogP contribution in [-0.4, -0.2) is 25.6 Å². The van der Waals surface area contributed by atoms with E-state index in [2.05, 4.69) is 0 Å². The Hall–Kier alpha value is -1.65. The summed E-state index contributed by atoms with van der Waals surface area (Å²) in [5, 5.41) is 0. The molecule has 0 N–H and O–H groups in total. The van der Waals surface area contributed by atoms with Crippen molar-refractivity contribution in [3.8, 4) is 5.75 Å². The molecule has 1 aliphatic heterocycles. The van der Waals surface area contributed by atoms with E-state index in [-0.39, 0.29) is 11.9 Å². The van der Waals surface area contributed by atoms with E-state index in [9.17, 15) is 4.79 Å². The van der Waals surface area contributed by atoms with Gasteiger partial charge in [0.15, 0.2) is 6.29 Å². The van der Waals surface area contributed by atoms with E-state index in [4.69, 9.17) is 14.2 Å². The Morgan fingerprint density at radius 2 is 2.04 bits per heavy atom. The molecule has 0 aliphatic carbocycles. The summed E-state index contributed by atoms with van der Waals surface area (Å²) in [6.07, 6.45) is 5.49. The number of rotatable bonds is 7. The lowest BCUT2D eigenvalue weighted by molar-refractivity contribution is -0.238. The first-order chi connectivity index (χ1) is 11.5. The number of Topliss-reactive ketones (excluding diaryl/α,β-unsaturated/α-hetero) is 1. The molecule has 24 heavy (non-hydrogen) atoms. The Balaban J connectivity index is 2.03. The van der Waals surface area contributed by atoms with Crippen molar-refractivity contribution >= 4 is 5.78 Å². The zero-order valence-corrected chi connectivity index (χ0v) is 15.1. The van der Waals surface area contributed by atoms with Crippen LogP contribution in [0.2, 0.25) is 0 Å².